The zero-order valence-corrected chi connectivity index (χ0v) is 12.2. The molecule has 2 nitrogen and oxygen atoms in total. The van der Waals surface area contributed by atoms with Crippen LogP contribution < -0.4 is 5.32 Å². The molecule has 0 saturated carbocycles. The Kier molecular flexibility index (Phi) is 7.87. The van der Waals surface area contributed by atoms with Crippen LogP contribution in [-0.4, -0.2) is 37.6 Å². The van der Waals surface area contributed by atoms with E-state index in [-0.39, 0.29) is 0 Å². The van der Waals surface area contributed by atoms with Gasteiger partial charge in [-0.3, -0.25) is 0 Å². The average molecular weight is 240 g/mol. The van der Waals surface area contributed by atoms with Gasteiger partial charge in [-0.2, -0.15) is 0 Å². The van der Waals surface area contributed by atoms with Gasteiger partial charge in [0.1, 0.15) is 0 Å². The maximum absolute atomic E-state index is 3.60. The van der Waals surface area contributed by atoms with Gasteiger partial charge in [0, 0.05) is 6.54 Å². The lowest BCUT2D eigenvalue weighted by molar-refractivity contribution is 0.312. The van der Waals surface area contributed by atoms with Gasteiger partial charge in [-0.1, -0.05) is 40.0 Å². The quantitative estimate of drug-likeness (QED) is 0.623. The molecule has 1 atom stereocenters. The first-order valence-electron chi connectivity index (χ1n) is 7.65. The van der Waals surface area contributed by atoms with Gasteiger partial charge in [0.05, 0.1) is 0 Å². The number of nitrogens with zero attached hydrogens (tertiary/aromatic N) is 1. The Bertz CT molecular complexity index is 180. The summed E-state index contributed by atoms with van der Waals surface area (Å²) in [4.78, 5) is 2.66. The zero-order chi connectivity index (χ0) is 12.5. The Morgan fingerprint density at radius 1 is 1.24 bits per heavy atom. The van der Waals surface area contributed by atoms with Crippen LogP contribution in [0.25, 0.3) is 0 Å². The second kappa shape index (κ2) is 8.93. The summed E-state index contributed by atoms with van der Waals surface area (Å²) in [5.41, 5.74) is 0. The van der Waals surface area contributed by atoms with E-state index in [2.05, 4.69) is 31.0 Å². The minimum Gasteiger partial charge on any atom is -0.316 e. The lowest BCUT2D eigenvalue weighted by atomic mass is 10.1. The van der Waals surface area contributed by atoms with Gasteiger partial charge in [-0.15, -0.1) is 0 Å². The third kappa shape index (κ3) is 7.05. The van der Waals surface area contributed by atoms with Gasteiger partial charge in [-0.25, -0.2) is 0 Å². The molecule has 17 heavy (non-hydrogen) atoms. The number of hydrogen-bond donors (Lipinski definition) is 1. The molecule has 1 fully saturated rings. The summed E-state index contributed by atoms with van der Waals surface area (Å²) in [6, 6.07) is 0. The molecule has 0 aromatic rings. The lowest BCUT2D eigenvalue weighted by Crippen LogP contribution is -2.29. The van der Waals surface area contributed by atoms with Crippen LogP contribution in [0.15, 0.2) is 0 Å². The number of unbranched alkanes of at least 4 members (excludes halogenated alkanes) is 3. The van der Waals surface area contributed by atoms with Crippen molar-refractivity contribution in [2.24, 2.45) is 11.8 Å². The summed E-state index contributed by atoms with van der Waals surface area (Å²) in [5.74, 6) is 1.68. The van der Waals surface area contributed by atoms with Gasteiger partial charge in [0.2, 0.25) is 0 Å². The van der Waals surface area contributed by atoms with Crippen molar-refractivity contribution in [3.63, 3.8) is 0 Å². The molecule has 0 bridgehead atoms. The molecule has 1 rings (SSSR count). The normalized spacial score (nSPS) is 21.5. The van der Waals surface area contributed by atoms with E-state index in [1.165, 1.54) is 64.8 Å². The molecule has 0 aliphatic carbocycles. The summed E-state index contributed by atoms with van der Waals surface area (Å²) >= 11 is 0. The minimum absolute atomic E-state index is 0.779. The molecule has 0 aromatic heterocycles. The predicted molar refractivity (Wildman–Crippen MR) is 76.4 cm³/mol. The number of likely N-dealkylation sites (tertiary alicyclic amines) is 1. The van der Waals surface area contributed by atoms with Crippen LogP contribution in [0.3, 0.4) is 0 Å². The highest BCUT2D eigenvalue weighted by molar-refractivity contribution is 4.77. The van der Waals surface area contributed by atoms with Crippen molar-refractivity contribution in [2.75, 3.05) is 32.7 Å². The SMILES string of the molecule is CCCCCCN1CCC(CNCC(C)C)C1. The maximum Gasteiger partial charge on any atom is 0.00223 e. The fraction of sp³-hybridized carbons (Fsp3) is 1.00. The van der Waals surface area contributed by atoms with Crippen LogP contribution in [0.5, 0.6) is 0 Å². The van der Waals surface area contributed by atoms with E-state index in [9.17, 15) is 0 Å². The molecule has 2 heteroatoms. The molecule has 0 aromatic carbocycles. The summed E-state index contributed by atoms with van der Waals surface area (Å²) in [6.07, 6.45) is 6.98. The molecule has 1 heterocycles. The van der Waals surface area contributed by atoms with E-state index in [1.807, 2.05) is 0 Å². The first-order chi connectivity index (χ1) is 8.22. The van der Waals surface area contributed by atoms with Crippen LogP contribution in [-0.2, 0) is 0 Å². The van der Waals surface area contributed by atoms with Gasteiger partial charge >= 0.3 is 0 Å². The third-order valence-corrected chi connectivity index (χ3v) is 3.68. The second-order valence-electron chi connectivity index (χ2n) is 6.07. The highest BCUT2D eigenvalue weighted by atomic mass is 15.1. The Balaban J connectivity index is 1.98. The Labute approximate surface area is 108 Å². The lowest BCUT2D eigenvalue weighted by Gasteiger charge is -2.16. The molecule has 0 spiro atoms. The van der Waals surface area contributed by atoms with Crippen LogP contribution in [0, 0.1) is 11.8 Å². The predicted octanol–water partition coefficient (Wildman–Crippen LogP) is 3.13. The summed E-state index contributed by atoms with van der Waals surface area (Å²) in [5, 5.41) is 3.60. The highest BCUT2D eigenvalue weighted by Crippen LogP contribution is 2.16. The Morgan fingerprint density at radius 3 is 2.76 bits per heavy atom. The van der Waals surface area contributed by atoms with Crippen LogP contribution in [0.4, 0.5) is 0 Å². The molecular weight excluding hydrogens is 208 g/mol. The second-order valence-corrected chi connectivity index (χ2v) is 6.07. The maximum atomic E-state index is 3.60. The van der Waals surface area contributed by atoms with E-state index < -0.39 is 0 Å². The molecule has 1 saturated heterocycles. The summed E-state index contributed by atoms with van der Waals surface area (Å²) in [7, 11) is 0. The van der Waals surface area contributed by atoms with Crippen molar-refractivity contribution in [2.45, 2.75) is 52.9 Å². The molecule has 1 aliphatic heterocycles. The van der Waals surface area contributed by atoms with Gasteiger partial charge < -0.3 is 10.2 Å². The largest absolute Gasteiger partial charge is 0.316 e. The number of nitrogens with one attached hydrogen (secondary N) is 1. The third-order valence-electron chi connectivity index (χ3n) is 3.68. The summed E-state index contributed by atoms with van der Waals surface area (Å²) < 4.78 is 0. The first kappa shape index (κ1) is 15.0. The molecule has 0 radical (unpaired) electrons. The fourth-order valence-electron chi connectivity index (χ4n) is 2.62. The molecular formula is C15H32N2. The smallest absolute Gasteiger partial charge is 0.00223 e. The Hall–Kier alpha value is -0.0800. The van der Waals surface area contributed by atoms with Crippen molar-refractivity contribution < 1.29 is 0 Å². The van der Waals surface area contributed by atoms with E-state index in [1.54, 1.807) is 0 Å². The highest BCUT2D eigenvalue weighted by Gasteiger charge is 2.21. The van der Waals surface area contributed by atoms with Gasteiger partial charge in [-0.05, 0) is 50.9 Å². The standard InChI is InChI=1S/C15H32N2/c1-4-5-6-7-9-17-10-8-15(13-17)12-16-11-14(2)3/h14-16H,4-13H2,1-3H3. The van der Waals surface area contributed by atoms with Gasteiger partial charge in [0.15, 0.2) is 0 Å². The number of hydrogen-bond acceptors (Lipinski definition) is 2. The molecule has 102 valence electrons. The molecule has 1 unspecified atom stereocenters. The van der Waals surface area contributed by atoms with Gasteiger partial charge in [0.25, 0.3) is 0 Å². The van der Waals surface area contributed by atoms with Crippen LogP contribution in [0.1, 0.15) is 52.9 Å². The van der Waals surface area contributed by atoms with Crippen molar-refractivity contribution in [3.8, 4) is 0 Å². The first-order valence-corrected chi connectivity index (χ1v) is 7.65. The van der Waals surface area contributed by atoms with Crippen molar-refractivity contribution in [1.82, 2.24) is 10.2 Å². The van der Waals surface area contributed by atoms with Crippen molar-refractivity contribution in [1.29, 1.82) is 0 Å². The van der Waals surface area contributed by atoms with E-state index in [0.29, 0.717) is 0 Å². The fourth-order valence-corrected chi connectivity index (χ4v) is 2.62. The van der Waals surface area contributed by atoms with Crippen molar-refractivity contribution >= 4 is 0 Å². The molecule has 1 N–H and O–H groups in total. The topological polar surface area (TPSA) is 15.3 Å². The monoisotopic (exact) mass is 240 g/mol. The number of rotatable bonds is 9. The molecule has 1 aliphatic rings. The van der Waals surface area contributed by atoms with E-state index in [4.69, 9.17) is 0 Å². The van der Waals surface area contributed by atoms with Crippen molar-refractivity contribution in [3.05, 3.63) is 0 Å². The minimum atomic E-state index is 0.779. The van der Waals surface area contributed by atoms with E-state index >= 15 is 0 Å². The molecule has 0 amide bonds. The zero-order valence-electron chi connectivity index (χ0n) is 12.2. The van der Waals surface area contributed by atoms with Crippen LogP contribution in [0.2, 0.25) is 0 Å². The Morgan fingerprint density at radius 2 is 2.06 bits per heavy atom. The van der Waals surface area contributed by atoms with Crippen LogP contribution >= 0.6 is 0 Å². The van der Waals surface area contributed by atoms with E-state index in [0.717, 1.165) is 11.8 Å². The summed E-state index contributed by atoms with van der Waals surface area (Å²) in [6.45, 7) is 13.2. The average Bonchev–Trinajstić information content (AvgIpc) is 2.72.